The van der Waals surface area contributed by atoms with Gasteiger partial charge in [0, 0.05) is 18.3 Å². The van der Waals surface area contributed by atoms with Crippen LogP contribution in [0.5, 0.6) is 5.75 Å². The van der Waals surface area contributed by atoms with Gasteiger partial charge in [0.1, 0.15) is 5.75 Å². The van der Waals surface area contributed by atoms with Gasteiger partial charge in [-0.2, -0.15) is 0 Å². The van der Waals surface area contributed by atoms with E-state index in [-0.39, 0.29) is 5.92 Å². The van der Waals surface area contributed by atoms with Gasteiger partial charge in [0.25, 0.3) is 0 Å². The molecule has 1 aliphatic rings. The SMILES string of the molecule is COc1cc(NCC2(O)CCC(C(=O)O)CC2)ccc1Br. The van der Waals surface area contributed by atoms with E-state index in [1.807, 2.05) is 18.2 Å². The number of rotatable bonds is 5. The van der Waals surface area contributed by atoms with Crippen LogP contribution >= 0.6 is 15.9 Å². The first-order valence-corrected chi connectivity index (χ1v) is 7.75. The summed E-state index contributed by atoms with van der Waals surface area (Å²) in [6, 6.07) is 5.64. The van der Waals surface area contributed by atoms with Crippen LogP contribution in [0.25, 0.3) is 0 Å². The predicted molar refractivity (Wildman–Crippen MR) is 83.7 cm³/mol. The quantitative estimate of drug-likeness (QED) is 0.754. The van der Waals surface area contributed by atoms with Crippen LogP contribution in [0.2, 0.25) is 0 Å². The Bertz CT molecular complexity index is 512. The van der Waals surface area contributed by atoms with Crippen LogP contribution in [-0.2, 0) is 4.79 Å². The monoisotopic (exact) mass is 357 g/mol. The number of carbonyl (C=O) groups is 1. The molecule has 21 heavy (non-hydrogen) atoms. The van der Waals surface area contributed by atoms with Crippen molar-refractivity contribution < 1.29 is 19.7 Å². The number of hydrogen-bond acceptors (Lipinski definition) is 4. The summed E-state index contributed by atoms with van der Waals surface area (Å²) in [6.07, 6.45) is 2.06. The summed E-state index contributed by atoms with van der Waals surface area (Å²) in [5.74, 6) is -0.359. The smallest absolute Gasteiger partial charge is 0.306 e. The molecule has 5 nitrogen and oxygen atoms in total. The van der Waals surface area contributed by atoms with Gasteiger partial charge in [0.2, 0.25) is 0 Å². The number of hydrogen-bond donors (Lipinski definition) is 3. The van der Waals surface area contributed by atoms with Crippen molar-refractivity contribution in [2.24, 2.45) is 5.92 Å². The molecule has 1 fully saturated rings. The molecule has 0 unspecified atom stereocenters. The molecule has 0 amide bonds. The fourth-order valence-corrected chi connectivity index (χ4v) is 3.02. The molecule has 0 saturated heterocycles. The number of ether oxygens (including phenoxy) is 1. The second-order valence-corrected chi connectivity index (χ2v) is 6.39. The lowest BCUT2D eigenvalue weighted by Gasteiger charge is -2.35. The summed E-state index contributed by atoms with van der Waals surface area (Å²) in [5.41, 5.74) is 0.0236. The highest BCUT2D eigenvalue weighted by molar-refractivity contribution is 9.10. The fraction of sp³-hybridized carbons (Fsp3) is 0.533. The number of aliphatic carboxylic acids is 1. The van der Waals surface area contributed by atoms with Crippen LogP contribution in [0.15, 0.2) is 22.7 Å². The zero-order valence-electron chi connectivity index (χ0n) is 11.9. The third-order valence-electron chi connectivity index (χ3n) is 4.04. The molecular weight excluding hydrogens is 338 g/mol. The van der Waals surface area contributed by atoms with Gasteiger partial charge >= 0.3 is 5.97 Å². The van der Waals surface area contributed by atoms with Crippen LogP contribution in [0.3, 0.4) is 0 Å². The third-order valence-corrected chi connectivity index (χ3v) is 4.69. The molecule has 1 aromatic carbocycles. The zero-order chi connectivity index (χ0) is 15.5. The average molecular weight is 358 g/mol. The first kappa shape index (κ1) is 16.1. The number of anilines is 1. The molecule has 1 saturated carbocycles. The van der Waals surface area contributed by atoms with Gasteiger partial charge in [-0.05, 0) is 53.7 Å². The number of benzene rings is 1. The Morgan fingerprint density at radius 2 is 2.14 bits per heavy atom. The zero-order valence-corrected chi connectivity index (χ0v) is 13.5. The minimum Gasteiger partial charge on any atom is -0.495 e. The fourth-order valence-electron chi connectivity index (χ4n) is 2.62. The standard InChI is InChI=1S/C15H20BrNO4/c1-21-13-8-11(2-3-12(13)16)17-9-15(20)6-4-10(5-7-15)14(18)19/h2-3,8,10,17,20H,4-7,9H2,1H3,(H,18,19). The van der Waals surface area contributed by atoms with Gasteiger partial charge in [-0.15, -0.1) is 0 Å². The van der Waals surface area contributed by atoms with Gasteiger partial charge in [-0.1, -0.05) is 0 Å². The van der Waals surface area contributed by atoms with E-state index in [9.17, 15) is 9.90 Å². The van der Waals surface area contributed by atoms with Gasteiger partial charge < -0.3 is 20.3 Å². The van der Waals surface area contributed by atoms with E-state index in [2.05, 4.69) is 21.2 Å². The molecule has 1 aromatic rings. The Labute approximate surface area is 132 Å². The van der Waals surface area contributed by atoms with Crippen molar-refractivity contribution in [3.05, 3.63) is 22.7 Å². The summed E-state index contributed by atoms with van der Waals surface area (Å²) < 4.78 is 6.10. The van der Waals surface area contributed by atoms with Crippen molar-refractivity contribution >= 4 is 27.6 Å². The van der Waals surface area contributed by atoms with Gasteiger partial charge in [0.05, 0.1) is 23.1 Å². The lowest BCUT2D eigenvalue weighted by atomic mass is 9.79. The first-order valence-electron chi connectivity index (χ1n) is 6.96. The summed E-state index contributed by atoms with van der Waals surface area (Å²) in [7, 11) is 1.60. The molecule has 1 aliphatic carbocycles. The summed E-state index contributed by atoms with van der Waals surface area (Å²) >= 11 is 3.39. The number of halogens is 1. The molecule has 0 aromatic heterocycles. The highest BCUT2D eigenvalue weighted by atomic mass is 79.9. The molecule has 3 N–H and O–H groups in total. The second-order valence-electron chi connectivity index (χ2n) is 5.54. The van der Waals surface area contributed by atoms with E-state index < -0.39 is 11.6 Å². The average Bonchev–Trinajstić information content (AvgIpc) is 2.47. The molecule has 0 atom stereocenters. The molecule has 6 heteroatoms. The van der Waals surface area contributed by atoms with Crippen molar-refractivity contribution in [3.63, 3.8) is 0 Å². The Kier molecular flexibility index (Phi) is 5.11. The topological polar surface area (TPSA) is 78.8 Å². The molecular formula is C15H20BrNO4. The largest absolute Gasteiger partial charge is 0.495 e. The van der Waals surface area contributed by atoms with Gasteiger partial charge in [-0.25, -0.2) is 0 Å². The van der Waals surface area contributed by atoms with Crippen LogP contribution in [0.1, 0.15) is 25.7 Å². The first-order chi connectivity index (χ1) is 9.93. The number of methoxy groups -OCH3 is 1. The van der Waals surface area contributed by atoms with Crippen LogP contribution < -0.4 is 10.1 Å². The van der Waals surface area contributed by atoms with Crippen molar-refractivity contribution in [1.82, 2.24) is 0 Å². The van der Waals surface area contributed by atoms with E-state index in [0.29, 0.717) is 32.2 Å². The summed E-state index contributed by atoms with van der Waals surface area (Å²) in [5, 5.41) is 22.7. The Hall–Kier alpha value is -1.27. The highest BCUT2D eigenvalue weighted by Crippen LogP contribution is 2.33. The minimum atomic E-state index is -0.841. The van der Waals surface area contributed by atoms with E-state index >= 15 is 0 Å². The predicted octanol–water partition coefficient (Wildman–Crippen LogP) is 2.88. The summed E-state index contributed by atoms with van der Waals surface area (Å²) in [6.45, 7) is 0.407. The molecule has 0 radical (unpaired) electrons. The Morgan fingerprint density at radius 1 is 1.48 bits per heavy atom. The molecule has 0 spiro atoms. The number of aliphatic hydroxyl groups is 1. The normalized spacial score (nSPS) is 25.4. The van der Waals surface area contributed by atoms with Crippen molar-refractivity contribution in [1.29, 1.82) is 0 Å². The maximum Gasteiger partial charge on any atom is 0.306 e. The maximum atomic E-state index is 10.9. The Morgan fingerprint density at radius 3 is 2.71 bits per heavy atom. The van der Waals surface area contributed by atoms with Crippen LogP contribution in [-0.4, -0.2) is 35.4 Å². The minimum absolute atomic E-state index is 0.321. The highest BCUT2D eigenvalue weighted by Gasteiger charge is 2.35. The molecule has 2 rings (SSSR count). The Balaban J connectivity index is 1.92. The lowest BCUT2D eigenvalue weighted by Crippen LogP contribution is -2.41. The molecule has 0 aliphatic heterocycles. The van der Waals surface area contributed by atoms with Crippen molar-refractivity contribution in [3.8, 4) is 5.75 Å². The maximum absolute atomic E-state index is 10.9. The van der Waals surface area contributed by atoms with E-state index in [1.54, 1.807) is 7.11 Å². The van der Waals surface area contributed by atoms with Gasteiger partial charge in [-0.3, -0.25) is 4.79 Å². The molecule has 0 heterocycles. The summed E-state index contributed by atoms with van der Waals surface area (Å²) in [4.78, 5) is 10.9. The third kappa shape index (κ3) is 4.11. The van der Waals surface area contributed by atoms with E-state index in [0.717, 1.165) is 15.9 Å². The number of nitrogens with one attached hydrogen (secondary N) is 1. The van der Waals surface area contributed by atoms with E-state index in [4.69, 9.17) is 9.84 Å². The van der Waals surface area contributed by atoms with Crippen molar-refractivity contribution in [2.45, 2.75) is 31.3 Å². The van der Waals surface area contributed by atoms with Crippen LogP contribution in [0.4, 0.5) is 5.69 Å². The van der Waals surface area contributed by atoms with Crippen molar-refractivity contribution in [2.75, 3.05) is 19.0 Å². The second kappa shape index (κ2) is 6.66. The number of carboxylic acid groups (broad SMARTS) is 1. The number of carboxylic acids is 1. The molecule has 116 valence electrons. The van der Waals surface area contributed by atoms with Crippen LogP contribution in [0, 0.1) is 5.92 Å². The molecule has 0 bridgehead atoms. The van der Waals surface area contributed by atoms with E-state index in [1.165, 1.54) is 0 Å². The lowest BCUT2D eigenvalue weighted by molar-refractivity contribution is -0.144. The van der Waals surface area contributed by atoms with Gasteiger partial charge in [0.15, 0.2) is 0 Å².